The van der Waals surface area contributed by atoms with Crippen molar-refractivity contribution in [2.45, 2.75) is 16.9 Å². The van der Waals surface area contributed by atoms with Gasteiger partial charge in [0.2, 0.25) is 0 Å². The van der Waals surface area contributed by atoms with Crippen LogP contribution in [0.3, 0.4) is 0 Å². The largest absolute Gasteiger partial charge is 0.493 e. The number of urea groups is 1. The molecule has 1 atom stereocenters. The molecule has 1 spiro atoms. The first-order valence-electron chi connectivity index (χ1n) is 5.61. The molecular formula is C12H12N2O3S. The number of rotatable bonds is 1. The molecule has 0 radical (unpaired) electrons. The molecule has 2 aliphatic rings. The van der Waals surface area contributed by atoms with E-state index < -0.39 is 11.6 Å². The molecule has 1 fully saturated rings. The van der Waals surface area contributed by atoms with Crippen LogP contribution in [-0.2, 0) is 10.3 Å². The lowest BCUT2D eigenvalue weighted by atomic mass is 9.84. The van der Waals surface area contributed by atoms with E-state index in [0.717, 1.165) is 10.5 Å². The van der Waals surface area contributed by atoms with Crippen molar-refractivity contribution in [3.8, 4) is 5.75 Å². The maximum atomic E-state index is 12.1. The molecular weight excluding hydrogens is 252 g/mol. The Hall–Kier alpha value is -1.69. The van der Waals surface area contributed by atoms with E-state index in [1.165, 1.54) is 0 Å². The van der Waals surface area contributed by atoms with Gasteiger partial charge in [-0.3, -0.25) is 10.1 Å². The number of hydrogen-bond acceptors (Lipinski definition) is 4. The highest BCUT2D eigenvalue weighted by atomic mass is 32.2. The minimum absolute atomic E-state index is 0.296. The van der Waals surface area contributed by atoms with Gasteiger partial charge in [-0.25, -0.2) is 4.79 Å². The normalized spacial score (nSPS) is 25.4. The first kappa shape index (κ1) is 11.4. The van der Waals surface area contributed by atoms with Gasteiger partial charge in [-0.05, 0) is 24.5 Å². The summed E-state index contributed by atoms with van der Waals surface area (Å²) in [5.74, 6) is 0.367. The number of carbonyl (C=O) groups is 2. The molecule has 94 valence electrons. The first-order valence-corrected chi connectivity index (χ1v) is 6.83. The monoisotopic (exact) mass is 264 g/mol. The highest BCUT2D eigenvalue weighted by Crippen LogP contribution is 2.40. The van der Waals surface area contributed by atoms with Crippen molar-refractivity contribution < 1.29 is 14.3 Å². The lowest BCUT2D eigenvalue weighted by molar-refractivity contribution is -0.125. The van der Waals surface area contributed by atoms with Crippen molar-refractivity contribution in [3.05, 3.63) is 23.8 Å². The van der Waals surface area contributed by atoms with Crippen molar-refractivity contribution in [2.75, 3.05) is 12.9 Å². The summed E-state index contributed by atoms with van der Waals surface area (Å²) >= 11 is 1.59. The maximum Gasteiger partial charge on any atom is 0.322 e. The number of ether oxygens (including phenoxy) is 1. The second kappa shape index (κ2) is 3.91. The molecule has 5 nitrogen and oxygen atoms in total. The van der Waals surface area contributed by atoms with E-state index in [-0.39, 0.29) is 5.91 Å². The highest BCUT2D eigenvalue weighted by Gasteiger charge is 2.50. The predicted octanol–water partition coefficient (Wildman–Crippen LogP) is 1.23. The van der Waals surface area contributed by atoms with Gasteiger partial charge in [-0.15, -0.1) is 11.8 Å². The molecule has 1 saturated heterocycles. The standard InChI is InChI=1S/C12H12N2O3S/c1-18-7-2-3-9-8(6-7)12(4-5-17-9)10(15)13-11(16)14-12/h2-3,6H,4-5H2,1H3,(H2,13,14,15,16). The molecule has 2 aliphatic heterocycles. The van der Waals surface area contributed by atoms with Gasteiger partial charge in [0.15, 0.2) is 5.54 Å². The molecule has 18 heavy (non-hydrogen) atoms. The molecule has 0 saturated carbocycles. The fraction of sp³-hybridized carbons (Fsp3) is 0.333. The van der Waals surface area contributed by atoms with Gasteiger partial charge in [0, 0.05) is 16.9 Å². The lowest BCUT2D eigenvalue weighted by Gasteiger charge is -2.32. The summed E-state index contributed by atoms with van der Waals surface area (Å²) in [7, 11) is 0. The Labute approximate surface area is 108 Å². The van der Waals surface area contributed by atoms with E-state index in [4.69, 9.17) is 4.74 Å². The van der Waals surface area contributed by atoms with Gasteiger partial charge >= 0.3 is 6.03 Å². The Morgan fingerprint density at radius 2 is 2.22 bits per heavy atom. The van der Waals surface area contributed by atoms with Crippen LogP contribution in [0.25, 0.3) is 0 Å². The average molecular weight is 264 g/mol. The smallest absolute Gasteiger partial charge is 0.322 e. The molecule has 1 unspecified atom stereocenters. The van der Waals surface area contributed by atoms with Gasteiger partial charge in [0.05, 0.1) is 6.61 Å². The summed E-state index contributed by atoms with van der Waals surface area (Å²) in [6, 6.07) is 5.25. The third-order valence-corrected chi connectivity index (χ3v) is 4.05. The molecule has 1 aromatic rings. The highest BCUT2D eigenvalue weighted by molar-refractivity contribution is 7.98. The Morgan fingerprint density at radius 3 is 2.89 bits per heavy atom. The van der Waals surface area contributed by atoms with E-state index in [9.17, 15) is 9.59 Å². The molecule has 2 heterocycles. The number of amides is 3. The molecule has 0 aliphatic carbocycles. The van der Waals surface area contributed by atoms with Crippen molar-refractivity contribution in [1.82, 2.24) is 10.6 Å². The molecule has 6 heteroatoms. The van der Waals surface area contributed by atoms with Crippen LogP contribution < -0.4 is 15.4 Å². The van der Waals surface area contributed by atoms with Crippen LogP contribution in [0.15, 0.2) is 23.1 Å². The maximum absolute atomic E-state index is 12.1. The number of fused-ring (bicyclic) bond motifs is 2. The first-order chi connectivity index (χ1) is 8.65. The van der Waals surface area contributed by atoms with E-state index in [0.29, 0.717) is 18.8 Å². The number of thioether (sulfide) groups is 1. The van der Waals surface area contributed by atoms with Gasteiger partial charge in [-0.1, -0.05) is 0 Å². The van der Waals surface area contributed by atoms with Crippen LogP contribution in [0.4, 0.5) is 4.79 Å². The number of imide groups is 1. The second-order valence-electron chi connectivity index (χ2n) is 4.27. The zero-order chi connectivity index (χ0) is 12.8. The minimum Gasteiger partial charge on any atom is -0.493 e. The Balaban J connectivity index is 2.16. The Bertz CT molecular complexity index is 546. The van der Waals surface area contributed by atoms with Crippen molar-refractivity contribution in [1.29, 1.82) is 0 Å². The molecule has 0 aromatic heterocycles. The number of carbonyl (C=O) groups excluding carboxylic acids is 2. The van der Waals surface area contributed by atoms with Crippen LogP contribution in [0, 0.1) is 0 Å². The molecule has 3 rings (SSSR count). The summed E-state index contributed by atoms with van der Waals surface area (Å²) in [4.78, 5) is 24.5. The van der Waals surface area contributed by atoms with E-state index >= 15 is 0 Å². The van der Waals surface area contributed by atoms with Gasteiger partial charge in [-0.2, -0.15) is 0 Å². The van der Waals surface area contributed by atoms with Crippen LogP contribution in [0.2, 0.25) is 0 Å². The van der Waals surface area contributed by atoms with Gasteiger partial charge in [0.1, 0.15) is 5.75 Å². The Morgan fingerprint density at radius 1 is 1.39 bits per heavy atom. The number of nitrogens with one attached hydrogen (secondary N) is 2. The van der Waals surface area contributed by atoms with Crippen LogP contribution in [-0.4, -0.2) is 24.8 Å². The summed E-state index contributed by atoms with van der Waals surface area (Å²) in [6.07, 6.45) is 2.42. The lowest BCUT2D eigenvalue weighted by Crippen LogP contribution is -2.47. The summed E-state index contributed by atoms with van der Waals surface area (Å²) in [5.41, 5.74) is -0.222. The SMILES string of the molecule is CSc1ccc2c(c1)C1(CCO2)NC(=O)NC1=O. The van der Waals surface area contributed by atoms with Crippen LogP contribution >= 0.6 is 11.8 Å². The summed E-state index contributed by atoms with van der Waals surface area (Å²) in [5, 5.41) is 5.04. The summed E-state index contributed by atoms with van der Waals surface area (Å²) < 4.78 is 5.55. The third-order valence-electron chi connectivity index (χ3n) is 3.32. The van der Waals surface area contributed by atoms with Crippen LogP contribution in [0.1, 0.15) is 12.0 Å². The molecule has 3 amide bonds. The predicted molar refractivity (Wildman–Crippen MR) is 66.7 cm³/mol. The molecule has 2 N–H and O–H groups in total. The van der Waals surface area contributed by atoms with Crippen molar-refractivity contribution >= 4 is 23.7 Å². The zero-order valence-electron chi connectivity index (χ0n) is 9.78. The van der Waals surface area contributed by atoms with E-state index in [2.05, 4.69) is 10.6 Å². The van der Waals surface area contributed by atoms with Crippen LogP contribution in [0.5, 0.6) is 5.75 Å². The number of benzene rings is 1. The van der Waals surface area contributed by atoms with E-state index in [1.54, 1.807) is 11.8 Å². The fourth-order valence-electron chi connectivity index (χ4n) is 2.40. The summed E-state index contributed by atoms with van der Waals surface area (Å²) in [6.45, 7) is 0.416. The molecule has 0 bridgehead atoms. The quantitative estimate of drug-likeness (QED) is 0.591. The van der Waals surface area contributed by atoms with Gasteiger partial charge in [0.25, 0.3) is 5.91 Å². The zero-order valence-corrected chi connectivity index (χ0v) is 10.6. The minimum atomic E-state index is -0.962. The van der Waals surface area contributed by atoms with Crippen molar-refractivity contribution in [3.63, 3.8) is 0 Å². The Kier molecular flexibility index (Phi) is 2.48. The van der Waals surface area contributed by atoms with Gasteiger partial charge < -0.3 is 10.1 Å². The van der Waals surface area contributed by atoms with Crippen molar-refractivity contribution in [2.24, 2.45) is 0 Å². The average Bonchev–Trinajstić information content (AvgIpc) is 2.65. The molecule has 1 aromatic carbocycles. The fourth-order valence-corrected chi connectivity index (χ4v) is 2.84. The topological polar surface area (TPSA) is 67.4 Å². The van der Waals surface area contributed by atoms with E-state index in [1.807, 2.05) is 24.5 Å². The second-order valence-corrected chi connectivity index (χ2v) is 5.15. The number of hydrogen-bond donors (Lipinski definition) is 2. The third kappa shape index (κ3) is 1.49.